The summed E-state index contributed by atoms with van der Waals surface area (Å²) in [6.07, 6.45) is 1.82. The van der Waals surface area contributed by atoms with Crippen LogP contribution in [0.25, 0.3) is 0 Å². The summed E-state index contributed by atoms with van der Waals surface area (Å²) in [4.78, 5) is 14.0. The van der Waals surface area contributed by atoms with Gasteiger partial charge in [0.15, 0.2) is 0 Å². The Morgan fingerprint density at radius 2 is 2.00 bits per heavy atom. The molecule has 3 heteroatoms. The van der Waals surface area contributed by atoms with Gasteiger partial charge in [0.2, 0.25) is 0 Å². The molecule has 0 radical (unpaired) electrons. The third kappa shape index (κ3) is 2.45. The summed E-state index contributed by atoms with van der Waals surface area (Å²) in [5.74, 6) is 0.0648. The van der Waals surface area contributed by atoms with Crippen molar-refractivity contribution in [3.8, 4) is 0 Å². The molecule has 1 aromatic rings. The molecule has 1 aliphatic heterocycles. The maximum absolute atomic E-state index is 12.1. The van der Waals surface area contributed by atoms with Gasteiger partial charge in [0.05, 0.1) is 0 Å². The number of piperidine rings is 1. The van der Waals surface area contributed by atoms with Crippen LogP contribution in [-0.2, 0) is 0 Å². The van der Waals surface area contributed by atoms with E-state index in [4.69, 9.17) is 11.6 Å². The van der Waals surface area contributed by atoms with Crippen molar-refractivity contribution in [2.24, 2.45) is 0 Å². The van der Waals surface area contributed by atoms with Crippen molar-refractivity contribution in [1.29, 1.82) is 0 Å². The number of carbonyl (C=O) groups is 1. The van der Waals surface area contributed by atoms with E-state index in [1.54, 1.807) is 24.3 Å². The van der Waals surface area contributed by atoms with Gasteiger partial charge in [-0.1, -0.05) is 29.8 Å². The minimum Gasteiger partial charge on any atom is -0.338 e. The number of hydrogen-bond donors (Lipinski definition) is 0. The molecule has 0 unspecified atom stereocenters. The fourth-order valence-corrected chi connectivity index (χ4v) is 2.02. The minimum atomic E-state index is 0.0648. The highest BCUT2D eigenvalue weighted by Gasteiger charge is 2.19. The summed E-state index contributed by atoms with van der Waals surface area (Å²) in [6, 6.07) is 7.10. The molecule has 2 nitrogen and oxygen atoms in total. The maximum Gasteiger partial charge on any atom is 0.253 e. The molecule has 1 aromatic carbocycles. The lowest BCUT2D eigenvalue weighted by Gasteiger charge is -2.28. The van der Waals surface area contributed by atoms with Gasteiger partial charge < -0.3 is 4.90 Å². The molecule has 1 aliphatic rings. The van der Waals surface area contributed by atoms with Crippen LogP contribution in [0, 0.1) is 0 Å². The largest absolute Gasteiger partial charge is 0.338 e. The van der Waals surface area contributed by atoms with Crippen LogP contribution in [0.3, 0.4) is 0 Å². The first kappa shape index (κ1) is 11.2. The van der Waals surface area contributed by atoms with E-state index < -0.39 is 0 Å². The second-order valence-electron chi connectivity index (χ2n) is 4.05. The van der Waals surface area contributed by atoms with E-state index in [1.165, 1.54) is 5.57 Å². The van der Waals surface area contributed by atoms with Crippen molar-refractivity contribution >= 4 is 17.5 Å². The molecule has 0 aliphatic carbocycles. The van der Waals surface area contributed by atoms with Gasteiger partial charge in [-0.05, 0) is 31.0 Å². The number of hydrogen-bond acceptors (Lipinski definition) is 1. The molecular weight excluding hydrogens is 222 g/mol. The molecule has 0 spiro atoms. The Morgan fingerprint density at radius 3 is 2.62 bits per heavy atom. The van der Waals surface area contributed by atoms with Gasteiger partial charge in [-0.3, -0.25) is 4.79 Å². The highest BCUT2D eigenvalue weighted by atomic mass is 35.5. The number of nitrogens with zero attached hydrogens (tertiary/aromatic N) is 1. The summed E-state index contributed by atoms with van der Waals surface area (Å²) >= 11 is 5.87. The Hall–Kier alpha value is -1.28. The highest BCUT2D eigenvalue weighted by molar-refractivity contribution is 6.30. The van der Waals surface area contributed by atoms with E-state index in [9.17, 15) is 4.79 Å². The number of carbonyl (C=O) groups excluding carboxylic acids is 1. The first-order chi connectivity index (χ1) is 7.66. The first-order valence-corrected chi connectivity index (χ1v) is 5.76. The predicted octanol–water partition coefficient (Wildman–Crippen LogP) is 3.13. The molecule has 84 valence electrons. The summed E-state index contributed by atoms with van der Waals surface area (Å²) < 4.78 is 0. The number of likely N-dealkylation sites (tertiary alicyclic amines) is 1. The quantitative estimate of drug-likeness (QED) is 0.685. The van der Waals surface area contributed by atoms with Gasteiger partial charge in [-0.15, -0.1) is 0 Å². The average Bonchev–Trinajstić information content (AvgIpc) is 2.29. The van der Waals surface area contributed by atoms with Gasteiger partial charge in [-0.25, -0.2) is 0 Å². The maximum atomic E-state index is 12.1. The standard InChI is InChI=1S/C13H14ClNO/c1-10-5-7-15(8-6-10)13(16)11-3-2-4-12(14)9-11/h2-4,9H,1,5-8H2. The van der Waals surface area contributed by atoms with Gasteiger partial charge in [0.1, 0.15) is 0 Å². The number of amides is 1. The van der Waals surface area contributed by atoms with Crippen molar-refractivity contribution < 1.29 is 4.79 Å². The molecule has 1 saturated heterocycles. The summed E-state index contributed by atoms with van der Waals surface area (Å²) in [7, 11) is 0. The van der Waals surface area contributed by atoms with Crippen LogP contribution < -0.4 is 0 Å². The zero-order valence-corrected chi connectivity index (χ0v) is 9.83. The topological polar surface area (TPSA) is 20.3 Å². The first-order valence-electron chi connectivity index (χ1n) is 5.38. The summed E-state index contributed by atoms with van der Waals surface area (Å²) in [6.45, 7) is 5.47. The molecule has 1 heterocycles. The molecule has 0 atom stereocenters. The number of benzene rings is 1. The number of rotatable bonds is 1. The van der Waals surface area contributed by atoms with E-state index in [-0.39, 0.29) is 5.91 Å². The third-order valence-corrected chi connectivity index (χ3v) is 3.06. The van der Waals surface area contributed by atoms with E-state index in [0.29, 0.717) is 10.6 Å². The van der Waals surface area contributed by atoms with Gasteiger partial charge in [0.25, 0.3) is 5.91 Å². The molecule has 2 rings (SSSR count). The fraction of sp³-hybridized carbons (Fsp3) is 0.308. The van der Waals surface area contributed by atoms with E-state index in [0.717, 1.165) is 25.9 Å². The number of halogens is 1. The van der Waals surface area contributed by atoms with Crippen molar-refractivity contribution in [1.82, 2.24) is 4.90 Å². The van der Waals surface area contributed by atoms with E-state index >= 15 is 0 Å². The van der Waals surface area contributed by atoms with E-state index in [1.807, 2.05) is 4.90 Å². The van der Waals surface area contributed by atoms with Crippen LogP contribution in [0.15, 0.2) is 36.4 Å². The summed E-state index contributed by atoms with van der Waals surface area (Å²) in [5.41, 5.74) is 1.90. The zero-order valence-electron chi connectivity index (χ0n) is 9.08. The Bertz CT molecular complexity index is 418. The smallest absolute Gasteiger partial charge is 0.253 e. The second kappa shape index (κ2) is 4.71. The van der Waals surface area contributed by atoms with Crippen LogP contribution in [0.2, 0.25) is 5.02 Å². The van der Waals surface area contributed by atoms with Gasteiger partial charge in [0, 0.05) is 23.7 Å². The van der Waals surface area contributed by atoms with Gasteiger partial charge >= 0.3 is 0 Å². The molecule has 0 bridgehead atoms. The Kier molecular flexibility index (Phi) is 3.30. The average molecular weight is 236 g/mol. The van der Waals surface area contributed by atoms with Crippen molar-refractivity contribution in [2.45, 2.75) is 12.8 Å². The van der Waals surface area contributed by atoms with Crippen LogP contribution in [0.1, 0.15) is 23.2 Å². The minimum absolute atomic E-state index is 0.0648. The van der Waals surface area contributed by atoms with Crippen LogP contribution >= 0.6 is 11.6 Å². The van der Waals surface area contributed by atoms with Crippen molar-refractivity contribution in [3.05, 3.63) is 47.0 Å². The zero-order chi connectivity index (χ0) is 11.5. The molecule has 0 N–H and O–H groups in total. The Balaban J connectivity index is 2.10. The third-order valence-electron chi connectivity index (χ3n) is 2.83. The fourth-order valence-electron chi connectivity index (χ4n) is 1.83. The highest BCUT2D eigenvalue weighted by Crippen LogP contribution is 2.18. The monoisotopic (exact) mass is 235 g/mol. The predicted molar refractivity (Wildman–Crippen MR) is 65.7 cm³/mol. The molecule has 0 aromatic heterocycles. The van der Waals surface area contributed by atoms with Crippen LogP contribution in [-0.4, -0.2) is 23.9 Å². The lowest BCUT2D eigenvalue weighted by atomic mass is 10.0. The van der Waals surface area contributed by atoms with Crippen LogP contribution in [0.5, 0.6) is 0 Å². The molecule has 1 amide bonds. The lowest BCUT2D eigenvalue weighted by Crippen LogP contribution is -2.36. The SMILES string of the molecule is C=C1CCN(C(=O)c2cccc(Cl)c2)CC1. The summed E-state index contributed by atoms with van der Waals surface area (Å²) in [5, 5.41) is 0.604. The van der Waals surface area contributed by atoms with E-state index in [2.05, 4.69) is 6.58 Å². The molecular formula is C13H14ClNO. The van der Waals surface area contributed by atoms with Gasteiger partial charge in [-0.2, -0.15) is 0 Å². The Labute approximate surface area is 101 Å². The second-order valence-corrected chi connectivity index (χ2v) is 4.49. The van der Waals surface area contributed by atoms with Crippen molar-refractivity contribution in [2.75, 3.05) is 13.1 Å². The van der Waals surface area contributed by atoms with Crippen LogP contribution in [0.4, 0.5) is 0 Å². The molecule has 16 heavy (non-hydrogen) atoms. The molecule has 0 saturated carbocycles. The Morgan fingerprint density at radius 1 is 1.31 bits per heavy atom. The normalized spacial score (nSPS) is 16.3. The molecule has 1 fully saturated rings. The lowest BCUT2D eigenvalue weighted by molar-refractivity contribution is 0.0744. The van der Waals surface area contributed by atoms with Crippen molar-refractivity contribution in [3.63, 3.8) is 0 Å².